The molecule has 0 saturated carbocycles. The van der Waals surface area contributed by atoms with Crippen molar-refractivity contribution < 1.29 is 9.47 Å². The Bertz CT molecular complexity index is 385. The van der Waals surface area contributed by atoms with E-state index in [0.29, 0.717) is 0 Å². The Kier molecular flexibility index (Phi) is 5.39. The van der Waals surface area contributed by atoms with Crippen molar-refractivity contribution in [3.63, 3.8) is 0 Å². The number of thiophene rings is 1. The highest BCUT2D eigenvalue weighted by Gasteiger charge is 2.41. The van der Waals surface area contributed by atoms with Crippen molar-refractivity contribution in [2.75, 3.05) is 26.9 Å². The van der Waals surface area contributed by atoms with Crippen molar-refractivity contribution in [3.05, 3.63) is 21.9 Å². The molecule has 4 heteroatoms. The average molecular weight is 283 g/mol. The highest BCUT2D eigenvalue weighted by atomic mass is 32.1. The van der Waals surface area contributed by atoms with Crippen molar-refractivity contribution in [2.24, 2.45) is 0 Å². The van der Waals surface area contributed by atoms with Gasteiger partial charge in [0, 0.05) is 42.9 Å². The van der Waals surface area contributed by atoms with Crippen molar-refractivity contribution in [3.8, 4) is 0 Å². The molecule has 2 heterocycles. The van der Waals surface area contributed by atoms with E-state index in [1.807, 2.05) is 18.4 Å². The molecule has 1 fully saturated rings. The van der Waals surface area contributed by atoms with E-state index in [9.17, 15) is 0 Å². The summed E-state index contributed by atoms with van der Waals surface area (Å²) in [5.74, 6) is 0. The Hall–Kier alpha value is -0.420. The van der Waals surface area contributed by atoms with Gasteiger partial charge < -0.3 is 14.8 Å². The van der Waals surface area contributed by atoms with E-state index in [4.69, 9.17) is 9.47 Å². The summed E-state index contributed by atoms with van der Waals surface area (Å²) in [5, 5.41) is 3.69. The van der Waals surface area contributed by atoms with Crippen LogP contribution in [-0.2, 0) is 9.47 Å². The number of ether oxygens (including phenoxy) is 2. The maximum Gasteiger partial charge on any atom is 0.0924 e. The van der Waals surface area contributed by atoms with Crippen LogP contribution < -0.4 is 5.32 Å². The lowest BCUT2D eigenvalue weighted by atomic mass is 9.85. The maximum absolute atomic E-state index is 5.97. The summed E-state index contributed by atoms with van der Waals surface area (Å²) in [6, 6.07) is 4.72. The Morgan fingerprint density at radius 1 is 1.42 bits per heavy atom. The van der Waals surface area contributed by atoms with Crippen LogP contribution in [0.1, 0.15) is 42.0 Å². The van der Waals surface area contributed by atoms with Crippen molar-refractivity contribution in [1.82, 2.24) is 5.32 Å². The lowest BCUT2D eigenvalue weighted by Crippen LogP contribution is -2.49. The minimum Gasteiger partial charge on any atom is -0.381 e. The quantitative estimate of drug-likeness (QED) is 0.869. The van der Waals surface area contributed by atoms with Gasteiger partial charge in [-0.05, 0) is 32.0 Å². The summed E-state index contributed by atoms with van der Waals surface area (Å²) in [7, 11) is 1.84. The van der Waals surface area contributed by atoms with Crippen molar-refractivity contribution in [1.29, 1.82) is 0 Å². The van der Waals surface area contributed by atoms with Gasteiger partial charge in [-0.25, -0.2) is 0 Å². The fourth-order valence-electron chi connectivity index (χ4n) is 2.77. The molecule has 1 N–H and O–H groups in total. The molecule has 0 radical (unpaired) electrons. The zero-order chi connectivity index (χ0) is 13.7. The van der Waals surface area contributed by atoms with E-state index >= 15 is 0 Å². The number of hydrogen-bond acceptors (Lipinski definition) is 4. The van der Waals surface area contributed by atoms with Gasteiger partial charge in [0.2, 0.25) is 0 Å². The van der Waals surface area contributed by atoms with Crippen LogP contribution >= 0.6 is 11.3 Å². The molecule has 0 amide bonds. The minimum absolute atomic E-state index is 0.120. The molecule has 0 spiro atoms. The summed E-state index contributed by atoms with van der Waals surface area (Å²) in [4.78, 5) is 2.74. The molecule has 0 bridgehead atoms. The number of nitrogens with one attached hydrogen (secondary N) is 1. The van der Waals surface area contributed by atoms with Gasteiger partial charge in [-0.2, -0.15) is 0 Å². The van der Waals surface area contributed by atoms with Gasteiger partial charge in [0.05, 0.1) is 11.6 Å². The zero-order valence-electron chi connectivity index (χ0n) is 12.2. The van der Waals surface area contributed by atoms with Gasteiger partial charge in [0.25, 0.3) is 0 Å². The first-order valence-corrected chi connectivity index (χ1v) is 7.96. The van der Waals surface area contributed by atoms with Gasteiger partial charge in [-0.1, -0.05) is 6.92 Å². The van der Waals surface area contributed by atoms with Crippen LogP contribution in [0, 0.1) is 6.92 Å². The maximum atomic E-state index is 5.97. The second-order valence-electron chi connectivity index (χ2n) is 5.22. The first kappa shape index (κ1) is 15.0. The third kappa shape index (κ3) is 3.37. The lowest BCUT2D eigenvalue weighted by Gasteiger charge is -2.42. The van der Waals surface area contributed by atoms with E-state index in [-0.39, 0.29) is 11.6 Å². The molecule has 1 atom stereocenters. The molecule has 1 aromatic rings. The largest absolute Gasteiger partial charge is 0.381 e. The number of methoxy groups -OCH3 is 1. The summed E-state index contributed by atoms with van der Waals surface area (Å²) in [6.07, 6.45) is 3.06. The molecule has 1 unspecified atom stereocenters. The van der Waals surface area contributed by atoms with Crippen LogP contribution in [0.4, 0.5) is 0 Å². The third-order valence-corrected chi connectivity index (χ3v) is 4.98. The molecule has 3 nitrogen and oxygen atoms in total. The van der Waals surface area contributed by atoms with Gasteiger partial charge in [-0.15, -0.1) is 11.3 Å². The van der Waals surface area contributed by atoms with E-state index in [1.54, 1.807) is 0 Å². The van der Waals surface area contributed by atoms with E-state index in [1.165, 1.54) is 9.75 Å². The van der Waals surface area contributed by atoms with E-state index in [2.05, 4.69) is 31.3 Å². The molecule has 0 aromatic carbocycles. The molecular weight excluding hydrogens is 258 g/mol. The lowest BCUT2D eigenvalue weighted by molar-refractivity contribution is -0.111. The molecule has 1 aliphatic heterocycles. The Morgan fingerprint density at radius 2 is 2.16 bits per heavy atom. The monoisotopic (exact) mass is 283 g/mol. The predicted molar refractivity (Wildman–Crippen MR) is 79.9 cm³/mol. The summed E-state index contributed by atoms with van der Waals surface area (Å²) in [5.41, 5.74) is -0.120. The molecule has 2 rings (SSSR count). The van der Waals surface area contributed by atoms with Gasteiger partial charge >= 0.3 is 0 Å². The van der Waals surface area contributed by atoms with E-state index in [0.717, 1.165) is 39.0 Å². The SMILES string of the molecule is CCCNC(c1ccc(C)s1)C1(OC)CCOCC1. The molecule has 108 valence electrons. The first-order chi connectivity index (χ1) is 9.22. The second kappa shape index (κ2) is 6.84. The molecule has 1 aliphatic rings. The van der Waals surface area contributed by atoms with Crippen LogP contribution in [-0.4, -0.2) is 32.5 Å². The van der Waals surface area contributed by atoms with Crippen molar-refractivity contribution in [2.45, 2.75) is 44.8 Å². The average Bonchev–Trinajstić information content (AvgIpc) is 2.86. The van der Waals surface area contributed by atoms with Crippen LogP contribution in [0.5, 0.6) is 0 Å². The molecular formula is C15H25NO2S. The molecule has 1 saturated heterocycles. The molecule has 0 aliphatic carbocycles. The van der Waals surface area contributed by atoms with Gasteiger partial charge in [-0.3, -0.25) is 0 Å². The minimum atomic E-state index is -0.120. The Labute approximate surface area is 120 Å². The zero-order valence-corrected chi connectivity index (χ0v) is 13.0. The fourth-order valence-corrected chi connectivity index (χ4v) is 3.83. The summed E-state index contributed by atoms with van der Waals surface area (Å²) < 4.78 is 11.5. The van der Waals surface area contributed by atoms with Gasteiger partial charge in [0.1, 0.15) is 0 Å². The number of aryl methyl sites for hydroxylation is 1. The summed E-state index contributed by atoms with van der Waals surface area (Å²) in [6.45, 7) is 6.97. The van der Waals surface area contributed by atoms with Crippen LogP contribution in [0.25, 0.3) is 0 Å². The fraction of sp³-hybridized carbons (Fsp3) is 0.733. The molecule has 19 heavy (non-hydrogen) atoms. The van der Waals surface area contributed by atoms with Crippen LogP contribution in [0.2, 0.25) is 0 Å². The van der Waals surface area contributed by atoms with Crippen LogP contribution in [0.15, 0.2) is 12.1 Å². The smallest absolute Gasteiger partial charge is 0.0924 e. The summed E-state index contributed by atoms with van der Waals surface area (Å²) >= 11 is 1.87. The van der Waals surface area contributed by atoms with E-state index < -0.39 is 0 Å². The third-order valence-electron chi connectivity index (χ3n) is 3.92. The van der Waals surface area contributed by atoms with Crippen molar-refractivity contribution >= 4 is 11.3 Å². The highest BCUT2D eigenvalue weighted by molar-refractivity contribution is 7.12. The van der Waals surface area contributed by atoms with Crippen LogP contribution in [0.3, 0.4) is 0 Å². The number of hydrogen-bond donors (Lipinski definition) is 1. The normalized spacial score (nSPS) is 20.4. The van der Waals surface area contributed by atoms with Gasteiger partial charge in [0.15, 0.2) is 0 Å². The highest BCUT2D eigenvalue weighted by Crippen LogP contribution is 2.39. The topological polar surface area (TPSA) is 30.5 Å². The Morgan fingerprint density at radius 3 is 2.68 bits per heavy atom. The predicted octanol–water partition coefficient (Wildman–Crippen LogP) is 3.29. The standard InChI is InChI=1S/C15H25NO2S/c1-4-9-16-14(13-6-5-12(2)19-13)15(17-3)7-10-18-11-8-15/h5-6,14,16H,4,7-11H2,1-3H3. The Balaban J connectivity index is 2.24. The molecule has 1 aromatic heterocycles. The second-order valence-corrected chi connectivity index (χ2v) is 6.54. The number of rotatable bonds is 6. The first-order valence-electron chi connectivity index (χ1n) is 7.14.